The second-order valence-electron chi connectivity index (χ2n) is 5.55. The maximum atomic E-state index is 12.4. The van der Waals surface area contributed by atoms with Crippen LogP contribution in [0.3, 0.4) is 0 Å². The van der Waals surface area contributed by atoms with Crippen LogP contribution in [0.5, 0.6) is 5.75 Å². The molecular weight excluding hydrogens is 338 g/mol. The van der Waals surface area contributed by atoms with E-state index in [4.69, 9.17) is 9.57 Å². The zero-order valence-electron chi connectivity index (χ0n) is 13.4. The minimum Gasteiger partial charge on any atom is -0.497 e. The molecule has 1 aromatic heterocycles. The number of anilines is 1. The van der Waals surface area contributed by atoms with E-state index in [1.807, 2.05) is 48.5 Å². The average molecular weight is 353 g/mol. The van der Waals surface area contributed by atoms with Gasteiger partial charge in [0.2, 0.25) is 0 Å². The number of hydrogen-bond acceptors (Lipinski definition) is 6. The molecule has 4 rings (SSSR count). The van der Waals surface area contributed by atoms with E-state index in [0.29, 0.717) is 17.3 Å². The number of hydrogen-bond donors (Lipinski definition) is 1. The van der Waals surface area contributed by atoms with Crippen LogP contribution in [0, 0.1) is 0 Å². The highest BCUT2D eigenvalue weighted by Gasteiger charge is 2.27. The number of aromatic nitrogens is 1. The summed E-state index contributed by atoms with van der Waals surface area (Å²) >= 11 is 1.39. The van der Waals surface area contributed by atoms with Gasteiger partial charge in [-0.15, -0.1) is 0 Å². The molecule has 25 heavy (non-hydrogen) atoms. The number of oxime groups is 1. The Labute approximate surface area is 148 Å². The SMILES string of the molecule is COc1ccc2nc(NC(=O)C3=NOC(c4ccccc4)C3)sc2c1. The lowest BCUT2D eigenvalue weighted by atomic mass is 10.0. The quantitative estimate of drug-likeness (QED) is 0.775. The third-order valence-electron chi connectivity index (χ3n) is 3.92. The summed E-state index contributed by atoms with van der Waals surface area (Å²) < 4.78 is 6.15. The van der Waals surface area contributed by atoms with Crippen molar-refractivity contribution in [2.75, 3.05) is 12.4 Å². The van der Waals surface area contributed by atoms with Crippen LogP contribution >= 0.6 is 11.3 Å². The average Bonchev–Trinajstić information content (AvgIpc) is 3.28. The highest BCUT2D eigenvalue weighted by Crippen LogP contribution is 2.30. The van der Waals surface area contributed by atoms with E-state index < -0.39 is 0 Å². The Balaban J connectivity index is 1.45. The molecule has 1 amide bonds. The molecule has 0 saturated heterocycles. The number of fused-ring (bicyclic) bond motifs is 1. The first-order valence-electron chi connectivity index (χ1n) is 7.76. The van der Waals surface area contributed by atoms with E-state index in [1.54, 1.807) is 7.11 Å². The molecule has 6 nitrogen and oxygen atoms in total. The Hall–Kier alpha value is -2.93. The summed E-state index contributed by atoms with van der Waals surface area (Å²) in [5, 5.41) is 7.26. The van der Waals surface area contributed by atoms with Gasteiger partial charge in [0, 0.05) is 6.42 Å². The van der Waals surface area contributed by atoms with E-state index in [0.717, 1.165) is 21.5 Å². The third-order valence-corrected chi connectivity index (χ3v) is 4.85. The summed E-state index contributed by atoms with van der Waals surface area (Å²) in [5.74, 6) is 0.470. The summed E-state index contributed by atoms with van der Waals surface area (Å²) in [7, 11) is 1.62. The fourth-order valence-corrected chi connectivity index (χ4v) is 3.50. The molecule has 0 radical (unpaired) electrons. The van der Waals surface area contributed by atoms with Gasteiger partial charge in [0.15, 0.2) is 11.2 Å². The van der Waals surface area contributed by atoms with Crippen LogP contribution in [-0.2, 0) is 9.63 Å². The van der Waals surface area contributed by atoms with Crippen LogP contribution in [0.4, 0.5) is 5.13 Å². The first-order valence-corrected chi connectivity index (χ1v) is 8.58. The number of carbonyl (C=O) groups is 1. The fourth-order valence-electron chi connectivity index (χ4n) is 2.61. The molecule has 1 aliphatic rings. The smallest absolute Gasteiger partial charge is 0.275 e. The second kappa shape index (κ2) is 6.52. The van der Waals surface area contributed by atoms with Crippen LogP contribution in [0.15, 0.2) is 53.7 Å². The van der Waals surface area contributed by atoms with Gasteiger partial charge in [-0.1, -0.05) is 46.8 Å². The number of nitrogens with zero attached hydrogens (tertiary/aromatic N) is 2. The molecule has 0 aliphatic carbocycles. The van der Waals surface area contributed by atoms with Crippen molar-refractivity contribution in [1.82, 2.24) is 4.98 Å². The molecule has 2 aromatic carbocycles. The summed E-state index contributed by atoms with van der Waals surface area (Å²) in [5.41, 5.74) is 2.18. The maximum absolute atomic E-state index is 12.4. The molecule has 2 heterocycles. The topological polar surface area (TPSA) is 72.8 Å². The van der Waals surface area contributed by atoms with E-state index in [-0.39, 0.29) is 12.0 Å². The van der Waals surface area contributed by atoms with Gasteiger partial charge in [-0.2, -0.15) is 0 Å². The second-order valence-corrected chi connectivity index (χ2v) is 6.58. The number of thiazole rings is 1. The standard InChI is InChI=1S/C18H15N3O3S/c1-23-12-7-8-13-16(9-12)25-18(19-13)20-17(22)14-10-15(24-21-14)11-5-3-2-4-6-11/h2-9,15H,10H2,1H3,(H,19,20,22). The highest BCUT2D eigenvalue weighted by atomic mass is 32.1. The molecule has 0 saturated carbocycles. The molecule has 3 aromatic rings. The van der Waals surface area contributed by atoms with E-state index in [9.17, 15) is 4.79 Å². The monoisotopic (exact) mass is 353 g/mol. The number of nitrogens with one attached hydrogen (secondary N) is 1. The number of benzene rings is 2. The van der Waals surface area contributed by atoms with Gasteiger partial charge in [0.05, 0.1) is 17.3 Å². The first-order chi connectivity index (χ1) is 12.2. The van der Waals surface area contributed by atoms with Crippen LogP contribution in [0.25, 0.3) is 10.2 Å². The van der Waals surface area contributed by atoms with Gasteiger partial charge in [-0.05, 0) is 23.8 Å². The van der Waals surface area contributed by atoms with Crippen LogP contribution in [0.1, 0.15) is 18.1 Å². The molecule has 126 valence electrons. The Kier molecular flexibility index (Phi) is 4.07. The molecule has 1 unspecified atom stereocenters. The van der Waals surface area contributed by atoms with E-state index in [1.165, 1.54) is 11.3 Å². The van der Waals surface area contributed by atoms with Gasteiger partial charge in [0.1, 0.15) is 11.5 Å². The molecule has 7 heteroatoms. The fraction of sp³-hybridized carbons (Fsp3) is 0.167. The van der Waals surface area contributed by atoms with Crippen molar-refractivity contribution in [2.24, 2.45) is 5.16 Å². The van der Waals surface area contributed by atoms with Crippen molar-refractivity contribution in [3.63, 3.8) is 0 Å². The Bertz CT molecular complexity index is 953. The summed E-state index contributed by atoms with van der Waals surface area (Å²) in [6.45, 7) is 0. The van der Waals surface area contributed by atoms with E-state index >= 15 is 0 Å². The molecular formula is C18H15N3O3S. The van der Waals surface area contributed by atoms with Gasteiger partial charge < -0.3 is 9.57 Å². The summed E-state index contributed by atoms with van der Waals surface area (Å²) in [6.07, 6.45) is 0.218. The number of carbonyl (C=O) groups excluding carboxylic acids is 1. The van der Waals surface area contributed by atoms with Crippen LogP contribution in [0.2, 0.25) is 0 Å². The molecule has 1 aliphatic heterocycles. The molecule has 0 bridgehead atoms. The maximum Gasteiger partial charge on any atom is 0.275 e. The third kappa shape index (κ3) is 3.18. The lowest BCUT2D eigenvalue weighted by Gasteiger charge is -2.07. The largest absolute Gasteiger partial charge is 0.497 e. The Morgan fingerprint density at radius 2 is 2.12 bits per heavy atom. The first kappa shape index (κ1) is 15.6. The summed E-state index contributed by atoms with van der Waals surface area (Å²) in [4.78, 5) is 22.2. The van der Waals surface area contributed by atoms with Crippen molar-refractivity contribution in [1.29, 1.82) is 0 Å². The predicted octanol–water partition coefficient (Wildman–Crippen LogP) is 3.76. The Morgan fingerprint density at radius 1 is 1.28 bits per heavy atom. The van der Waals surface area contributed by atoms with Crippen LogP contribution in [-0.4, -0.2) is 23.7 Å². The zero-order chi connectivity index (χ0) is 17.2. The lowest BCUT2D eigenvalue weighted by molar-refractivity contribution is -0.110. The predicted molar refractivity (Wildman–Crippen MR) is 97.1 cm³/mol. The minimum absolute atomic E-state index is 0.221. The molecule has 1 atom stereocenters. The molecule has 1 N–H and O–H groups in total. The number of methoxy groups -OCH3 is 1. The Morgan fingerprint density at radius 3 is 2.92 bits per heavy atom. The van der Waals surface area contributed by atoms with Crippen molar-refractivity contribution >= 4 is 38.3 Å². The lowest BCUT2D eigenvalue weighted by Crippen LogP contribution is -2.21. The summed E-state index contributed by atoms with van der Waals surface area (Å²) in [6, 6.07) is 15.3. The van der Waals surface area contributed by atoms with Gasteiger partial charge in [-0.25, -0.2) is 4.98 Å². The van der Waals surface area contributed by atoms with Gasteiger partial charge >= 0.3 is 0 Å². The number of rotatable bonds is 4. The van der Waals surface area contributed by atoms with E-state index in [2.05, 4.69) is 15.5 Å². The zero-order valence-corrected chi connectivity index (χ0v) is 14.2. The van der Waals surface area contributed by atoms with Crippen molar-refractivity contribution in [3.8, 4) is 5.75 Å². The number of ether oxygens (including phenoxy) is 1. The van der Waals surface area contributed by atoms with Crippen LogP contribution < -0.4 is 10.1 Å². The minimum atomic E-state index is -0.288. The van der Waals surface area contributed by atoms with Crippen molar-refractivity contribution in [3.05, 3.63) is 54.1 Å². The number of amides is 1. The normalized spacial score (nSPS) is 16.4. The molecule has 0 spiro atoms. The molecule has 0 fully saturated rings. The van der Waals surface area contributed by atoms with Crippen molar-refractivity contribution < 1.29 is 14.4 Å². The van der Waals surface area contributed by atoms with Gasteiger partial charge in [0.25, 0.3) is 5.91 Å². The van der Waals surface area contributed by atoms with Gasteiger partial charge in [-0.3, -0.25) is 10.1 Å². The highest BCUT2D eigenvalue weighted by molar-refractivity contribution is 7.22. The van der Waals surface area contributed by atoms with Crippen molar-refractivity contribution in [2.45, 2.75) is 12.5 Å².